The second-order valence-corrected chi connectivity index (χ2v) is 4.25. The Hall–Kier alpha value is -2.61. The van der Waals surface area contributed by atoms with Crippen LogP contribution in [0.25, 0.3) is 22.6 Å². The van der Waals surface area contributed by atoms with E-state index in [-0.39, 0.29) is 0 Å². The molecule has 0 saturated carbocycles. The maximum Gasteiger partial charge on any atom is 0.153 e. The van der Waals surface area contributed by atoms with E-state index in [0.29, 0.717) is 17.1 Å². The smallest absolute Gasteiger partial charge is 0.153 e. The van der Waals surface area contributed by atoms with Gasteiger partial charge in [0.1, 0.15) is 11.5 Å². The van der Waals surface area contributed by atoms with Crippen LogP contribution in [0.3, 0.4) is 0 Å². The molecule has 2 heteroatoms. The third-order valence-electron chi connectivity index (χ3n) is 2.98. The topological polar surface area (TPSA) is 30.2 Å². The second kappa shape index (κ2) is 4.94. The third kappa shape index (κ3) is 2.20. The molecule has 3 rings (SSSR count). The Morgan fingerprint density at radius 2 is 1.37 bits per heavy atom. The van der Waals surface area contributed by atoms with Crippen LogP contribution >= 0.6 is 0 Å². The fourth-order valence-corrected chi connectivity index (χ4v) is 2.05. The molecular formula is C17H12O2. The first-order valence-electron chi connectivity index (χ1n) is 6.08. The molecule has 0 aliphatic heterocycles. The Bertz CT molecular complexity index is 682. The molecule has 0 radical (unpaired) electrons. The van der Waals surface area contributed by atoms with Gasteiger partial charge in [-0.2, -0.15) is 0 Å². The van der Waals surface area contributed by atoms with Crippen LogP contribution in [-0.2, 0) is 0 Å². The van der Waals surface area contributed by atoms with E-state index in [4.69, 9.17) is 4.42 Å². The largest absolute Gasteiger partial charge is 0.455 e. The maximum absolute atomic E-state index is 11.2. The first kappa shape index (κ1) is 11.5. The first-order chi connectivity index (χ1) is 9.38. The molecule has 0 bridgehead atoms. The summed E-state index contributed by atoms with van der Waals surface area (Å²) in [5, 5.41) is 0. The summed E-state index contributed by atoms with van der Waals surface area (Å²) >= 11 is 0. The van der Waals surface area contributed by atoms with Gasteiger partial charge in [0.25, 0.3) is 0 Å². The Labute approximate surface area is 111 Å². The van der Waals surface area contributed by atoms with Crippen LogP contribution in [0.4, 0.5) is 0 Å². The molecule has 19 heavy (non-hydrogen) atoms. The third-order valence-corrected chi connectivity index (χ3v) is 2.98. The zero-order valence-electron chi connectivity index (χ0n) is 10.2. The van der Waals surface area contributed by atoms with Crippen molar-refractivity contribution in [1.82, 2.24) is 0 Å². The zero-order valence-corrected chi connectivity index (χ0v) is 10.2. The summed E-state index contributed by atoms with van der Waals surface area (Å²) in [6.45, 7) is 0. The number of hydrogen-bond acceptors (Lipinski definition) is 2. The summed E-state index contributed by atoms with van der Waals surface area (Å²) in [6, 6.07) is 21.2. The van der Waals surface area contributed by atoms with Gasteiger partial charge in [-0.25, -0.2) is 0 Å². The molecule has 0 spiro atoms. The van der Waals surface area contributed by atoms with E-state index >= 15 is 0 Å². The SMILES string of the molecule is O=Cc1cc(-c2ccccc2)oc1-c1ccccc1. The molecule has 0 N–H and O–H groups in total. The Balaban J connectivity index is 2.12. The normalized spacial score (nSPS) is 10.3. The molecule has 2 aromatic carbocycles. The van der Waals surface area contributed by atoms with Crippen molar-refractivity contribution in [1.29, 1.82) is 0 Å². The monoisotopic (exact) mass is 248 g/mol. The number of carbonyl (C=O) groups excluding carboxylic acids is 1. The lowest BCUT2D eigenvalue weighted by Crippen LogP contribution is -1.79. The number of hydrogen-bond donors (Lipinski definition) is 0. The molecule has 0 aliphatic carbocycles. The quantitative estimate of drug-likeness (QED) is 0.642. The number of carbonyl (C=O) groups is 1. The number of rotatable bonds is 3. The van der Waals surface area contributed by atoms with Crippen LogP contribution in [0.1, 0.15) is 10.4 Å². The summed E-state index contributed by atoms with van der Waals surface area (Å²) in [5.41, 5.74) is 2.45. The molecule has 1 heterocycles. The highest BCUT2D eigenvalue weighted by Gasteiger charge is 2.13. The Kier molecular flexibility index (Phi) is 2.99. The van der Waals surface area contributed by atoms with Crippen molar-refractivity contribution in [3.63, 3.8) is 0 Å². The fourth-order valence-electron chi connectivity index (χ4n) is 2.05. The van der Waals surface area contributed by atoms with Crippen LogP contribution < -0.4 is 0 Å². The molecular weight excluding hydrogens is 236 g/mol. The van der Waals surface area contributed by atoms with Crippen LogP contribution in [0.2, 0.25) is 0 Å². The Morgan fingerprint density at radius 3 is 1.95 bits per heavy atom. The molecule has 92 valence electrons. The average Bonchev–Trinajstić information content (AvgIpc) is 2.93. The summed E-state index contributed by atoms with van der Waals surface area (Å²) in [7, 11) is 0. The highest BCUT2D eigenvalue weighted by atomic mass is 16.3. The van der Waals surface area contributed by atoms with E-state index in [2.05, 4.69) is 0 Å². The molecule has 0 unspecified atom stereocenters. The van der Waals surface area contributed by atoms with Crippen molar-refractivity contribution in [3.8, 4) is 22.6 Å². The van der Waals surface area contributed by atoms with Gasteiger partial charge < -0.3 is 4.42 Å². The summed E-state index contributed by atoms with van der Waals surface area (Å²) in [6.07, 6.45) is 0.832. The fraction of sp³-hybridized carbons (Fsp3) is 0. The van der Waals surface area contributed by atoms with E-state index < -0.39 is 0 Å². The van der Waals surface area contributed by atoms with E-state index in [1.165, 1.54) is 0 Å². The predicted octanol–water partition coefficient (Wildman–Crippen LogP) is 4.43. The van der Waals surface area contributed by atoms with Crippen LogP contribution in [0.15, 0.2) is 71.1 Å². The van der Waals surface area contributed by atoms with Crippen molar-refractivity contribution in [2.75, 3.05) is 0 Å². The standard InChI is InChI=1S/C17H12O2/c18-12-15-11-16(13-7-3-1-4-8-13)19-17(15)14-9-5-2-6-10-14/h1-12H. The molecule has 1 aromatic heterocycles. The van der Waals surface area contributed by atoms with Gasteiger partial charge in [-0.15, -0.1) is 0 Å². The van der Waals surface area contributed by atoms with Crippen molar-refractivity contribution in [3.05, 3.63) is 72.3 Å². The average molecular weight is 248 g/mol. The van der Waals surface area contributed by atoms with Gasteiger partial charge in [-0.05, 0) is 6.07 Å². The van der Waals surface area contributed by atoms with Crippen molar-refractivity contribution in [2.24, 2.45) is 0 Å². The molecule has 0 saturated heterocycles. The summed E-state index contributed by atoms with van der Waals surface area (Å²) in [4.78, 5) is 11.2. The van der Waals surface area contributed by atoms with E-state index in [9.17, 15) is 4.79 Å². The van der Waals surface area contributed by atoms with Gasteiger partial charge in [0.15, 0.2) is 6.29 Å². The minimum Gasteiger partial charge on any atom is -0.455 e. The number of benzene rings is 2. The van der Waals surface area contributed by atoms with Gasteiger partial charge in [0, 0.05) is 11.1 Å². The van der Waals surface area contributed by atoms with Gasteiger partial charge in [0.2, 0.25) is 0 Å². The number of furan rings is 1. The minimum atomic E-state index is 0.574. The van der Waals surface area contributed by atoms with Crippen molar-refractivity contribution in [2.45, 2.75) is 0 Å². The first-order valence-corrected chi connectivity index (χ1v) is 6.08. The highest BCUT2D eigenvalue weighted by Crippen LogP contribution is 2.31. The van der Waals surface area contributed by atoms with Gasteiger partial charge in [0.05, 0.1) is 5.56 Å². The number of aldehydes is 1. The highest BCUT2D eigenvalue weighted by molar-refractivity contribution is 5.87. The van der Waals surface area contributed by atoms with E-state index in [1.54, 1.807) is 6.07 Å². The lowest BCUT2D eigenvalue weighted by molar-refractivity contribution is 0.112. The van der Waals surface area contributed by atoms with Crippen LogP contribution in [0.5, 0.6) is 0 Å². The van der Waals surface area contributed by atoms with Gasteiger partial charge >= 0.3 is 0 Å². The molecule has 2 nitrogen and oxygen atoms in total. The van der Waals surface area contributed by atoms with E-state index in [0.717, 1.165) is 17.4 Å². The molecule has 0 fully saturated rings. The van der Waals surface area contributed by atoms with Gasteiger partial charge in [-0.1, -0.05) is 60.7 Å². The lowest BCUT2D eigenvalue weighted by atomic mass is 10.1. The summed E-state index contributed by atoms with van der Waals surface area (Å²) < 4.78 is 5.85. The van der Waals surface area contributed by atoms with Crippen LogP contribution in [-0.4, -0.2) is 6.29 Å². The summed E-state index contributed by atoms with van der Waals surface area (Å²) in [5.74, 6) is 1.33. The lowest BCUT2D eigenvalue weighted by Gasteiger charge is -1.98. The minimum absolute atomic E-state index is 0.574. The zero-order chi connectivity index (χ0) is 13.1. The molecule has 3 aromatic rings. The van der Waals surface area contributed by atoms with Crippen molar-refractivity contribution < 1.29 is 9.21 Å². The van der Waals surface area contributed by atoms with Crippen LogP contribution in [0, 0.1) is 0 Å². The second-order valence-electron chi connectivity index (χ2n) is 4.25. The maximum atomic E-state index is 11.2. The van der Waals surface area contributed by atoms with E-state index in [1.807, 2.05) is 60.7 Å². The predicted molar refractivity (Wildman–Crippen MR) is 75.0 cm³/mol. The van der Waals surface area contributed by atoms with Crippen molar-refractivity contribution >= 4 is 6.29 Å². The Morgan fingerprint density at radius 1 is 0.789 bits per heavy atom. The molecule has 0 atom stereocenters. The molecule has 0 amide bonds. The van der Waals surface area contributed by atoms with Gasteiger partial charge in [-0.3, -0.25) is 4.79 Å². The molecule has 0 aliphatic rings.